The van der Waals surface area contributed by atoms with Crippen LogP contribution in [0, 0.1) is 10.1 Å². The number of furan rings is 1. The van der Waals surface area contributed by atoms with E-state index in [-0.39, 0.29) is 40.8 Å². The number of rotatable bonds is 6. The predicted octanol–water partition coefficient (Wildman–Crippen LogP) is 2.08. The second kappa shape index (κ2) is 7.84. The van der Waals surface area contributed by atoms with Crippen molar-refractivity contribution in [3.8, 4) is 5.75 Å². The number of hydrogen-bond acceptors (Lipinski definition) is 8. The Kier molecular flexibility index (Phi) is 5.30. The van der Waals surface area contributed by atoms with Crippen LogP contribution in [0.4, 0.5) is 10.5 Å². The maximum absolute atomic E-state index is 12.6. The third-order valence-corrected chi connectivity index (χ3v) is 4.05. The van der Waals surface area contributed by atoms with Crippen molar-refractivity contribution in [2.24, 2.45) is 0 Å². The van der Waals surface area contributed by atoms with Crippen LogP contribution in [0.2, 0.25) is 0 Å². The lowest BCUT2D eigenvalue weighted by Crippen LogP contribution is -2.30. The van der Waals surface area contributed by atoms with Gasteiger partial charge in [-0.05, 0) is 24.3 Å². The first-order chi connectivity index (χ1) is 13.8. The fourth-order valence-electron chi connectivity index (χ4n) is 2.65. The van der Waals surface area contributed by atoms with Gasteiger partial charge in [-0.1, -0.05) is 0 Å². The molecule has 11 nitrogen and oxygen atoms in total. The van der Waals surface area contributed by atoms with Crippen molar-refractivity contribution in [3.05, 3.63) is 63.2 Å². The summed E-state index contributed by atoms with van der Waals surface area (Å²) >= 11 is 0. The Morgan fingerprint density at radius 2 is 2.03 bits per heavy atom. The number of ether oxygens (including phenoxy) is 2. The minimum atomic E-state index is -0.707. The summed E-state index contributed by atoms with van der Waals surface area (Å²) in [5.74, 6) is -0.932. The molecule has 1 aliphatic rings. The highest BCUT2D eigenvalue weighted by atomic mass is 16.6. The standard InChI is InChI=1S/C18H15N3O8/c1-27-14-5-3-11(21(25)26)7-10(14)8-13-16(22)20(18(24)19-13)9-12-4-6-15(29-12)17(23)28-2/h3-8H,9H2,1-2H3,(H,19,24). The van der Waals surface area contributed by atoms with Gasteiger partial charge in [0, 0.05) is 17.7 Å². The summed E-state index contributed by atoms with van der Waals surface area (Å²) in [6.07, 6.45) is 1.29. The Balaban J connectivity index is 1.85. The normalized spacial score (nSPS) is 14.8. The monoisotopic (exact) mass is 401 g/mol. The first-order valence-electron chi connectivity index (χ1n) is 8.18. The summed E-state index contributed by atoms with van der Waals surface area (Å²) < 4.78 is 14.9. The van der Waals surface area contributed by atoms with Crippen LogP contribution in [0.3, 0.4) is 0 Å². The molecule has 1 fully saturated rings. The van der Waals surface area contributed by atoms with E-state index in [0.717, 1.165) is 4.90 Å². The van der Waals surface area contributed by atoms with E-state index in [1.165, 1.54) is 50.6 Å². The molecule has 1 aliphatic heterocycles. The lowest BCUT2D eigenvalue weighted by atomic mass is 10.1. The van der Waals surface area contributed by atoms with Crippen LogP contribution < -0.4 is 10.1 Å². The van der Waals surface area contributed by atoms with E-state index in [2.05, 4.69) is 10.1 Å². The Morgan fingerprint density at radius 3 is 2.69 bits per heavy atom. The topological polar surface area (TPSA) is 141 Å². The summed E-state index contributed by atoms with van der Waals surface area (Å²) in [7, 11) is 2.57. The minimum Gasteiger partial charge on any atom is -0.496 e. The second-order valence-corrected chi connectivity index (χ2v) is 5.82. The van der Waals surface area contributed by atoms with E-state index < -0.39 is 22.8 Å². The summed E-state index contributed by atoms with van der Waals surface area (Å²) in [6, 6.07) is 5.98. The van der Waals surface area contributed by atoms with E-state index in [1.54, 1.807) is 0 Å². The van der Waals surface area contributed by atoms with Gasteiger partial charge < -0.3 is 19.2 Å². The van der Waals surface area contributed by atoms with Crippen LogP contribution in [0.1, 0.15) is 21.9 Å². The number of nitro groups is 1. The van der Waals surface area contributed by atoms with E-state index in [9.17, 15) is 24.5 Å². The largest absolute Gasteiger partial charge is 0.496 e. The van der Waals surface area contributed by atoms with E-state index in [0.29, 0.717) is 0 Å². The van der Waals surface area contributed by atoms with E-state index in [4.69, 9.17) is 9.15 Å². The van der Waals surface area contributed by atoms with Crippen LogP contribution in [0.15, 0.2) is 40.4 Å². The Morgan fingerprint density at radius 1 is 1.28 bits per heavy atom. The molecule has 0 radical (unpaired) electrons. The predicted molar refractivity (Wildman–Crippen MR) is 96.8 cm³/mol. The van der Waals surface area contributed by atoms with Gasteiger partial charge >= 0.3 is 12.0 Å². The lowest BCUT2D eigenvalue weighted by molar-refractivity contribution is -0.384. The Hall–Kier alpha value is -4.15. The number of non-ortho nitro benzene ring substituents is 1. The smallest absolute Gasteiger partial charge is 0.373 e. The molecule has 0 saturated carbocycles. The first kappa shape index (κ1) is 19.6. The number of nitrogens with zero attached hydrogens (tertiary/aromatic N) is 2. The average molecular weight is 401 g/mol. The maximum atomic E-state index is 12.6. The van der Waals surface area contributed by atoms with Gasteiger partial charge in [0.1, 0.15) is 17.2 Å². The summed E-state index contributed by atoms with van der Waals surface area (Å²) in [6.45, 7) is -0.217. The number of nitrogens with one attached hydrogen (secondary N) is 1. The Bertz CT molecular complexity index is 1040. The summed E-state index contributed by atoms with van der Waals surface area (Å²) in [5, 5.41) is 13.4. The highest BCUT2D eigenvalue weighted by molar-refractivity contribution is 6.14. The number of carbonyl (C=O) groups is 3. The molecule has 1 N–H and O–H groups in total. The molecule has 0 atom stereocenters. The molecule has 0 aliphatic carbocycles. The molecule has 3 amide bonds. The zero-order chi connectivity index (χ0) is 21.1. The first-order valence-corrected chi connectivity index (χ1v) is 8.18. The van der Waals surface area contributed by atoms with Gasteiger partial charge in [-0.15, -0.1) is 0 Å². The molecule has 1 aromatic carbocycles. The van der Waals surface area contributed by atoms with Crippen LogP contribution in [-0.2, 0) is 16.1 Å². The number of hydrogen-bond donors (Lipinski definition) is 1. The number of urea groups is 1. The van der Waals surface area contributed by atoms with Gasteiger partial charge in [0.2, 0.25) is 5.76 Å². The van der Waals surface area contributed by atoms with Crippen molar-refractivity contribution in [2.75, 3.05) is 14.2 Å². The number of methoxy groups -OCH3 is 2. The summed E-state index contributed by atoms with van der Waals surface area (Å²) in [4.78, 5) is 47.5. The highest BCUT2D eigenvalue weighted by Crippen LogP contribution is 2.27. The molecular weight excluding hydrogens is 386 g/mol. The van der Waals surface area contributed by atoms with Crippen molar-refractivity contribution >= 4 is 29.7 Å². The molecule has 3 rings (SSSR count). The van der Waals surface area contributed by atoms with Gasteiger partial charge in [-0.25, -0.2) is 9.59 Å². The van der Waals surface area contributed by atoms with E-state index in [1.807, 2.05) is 0 Å². The fraction of sp³-hybridized carbons (Fsp3) is 0.167. The molecule has 150 valence electrons. The van der Waals surface area contributed by atoms with Crippen LogP contribution in [-0.4, -0.2) is 42.0 Å². The molecule has 2 aromatic rings. The zero-order valence-electron chi connectivity index (χ0n) is 15.3. The van der Waals surface area contributed by atoms with Gasteiger partial charge in [0.15, 0.2) is 0 Å². The van der Waals surface area contributed by atoms with Crippen molar-refractivity contribution < 1.29 is 33.2 Å². The third kappa shape index (κ3) is 3.93. The number of nitro benzene ring substituents is 1. The molecule has 1 saturated heterocycles. The van der Waals surface area contributed by atoms with Gasteiger partial charge in [0.05, 0.1) is 25.7 Å². The fourth-order valence-corrected chi connectivity index (χ4v) is 2.65. The van der Waals surface area contributed by atoms with Crippen molar-refractivity contribution in [1.29, 1.82) is 0 Å². The number of benzene rings is 1. The van der Waals surface area contributed by atoms with Crippen LogP contribution in [0.25, 0.3) is 6.08 Å². The van der Waals surface area contributed by atoms with Crippen LogP contribution >= 0.6 is 0 Å². The number of amides is 3. The lowest BCUT2D eigenvalue weighted by Gasteiger charge is -2.09. The number of esters is 1. The average Bonchev–Trinajstić information content (AvgIpc) is 3.28. The quantitative estimate of drug-likeness (QED) is 0.255. The molecule has 29 heavy (non-hydrogen) atoms. The van der Waals surface area contributed by atoms with Crippen LogP contribution in [0.5, 0.6) is 5.75 Å². The molecule has 1 aromatic heterocycles. The SMILES string of the molecule is COC(=O)c1ccc(CN2C(=O)NC(=Cc3cc([N+](=O)[O-])ccc3OC)C2=O)o1. The third-order valence-electron chi connectivity index (χ3n) is 4.05. The summed E-state index contributed by atoms with van der Waals surface area (Å²) in [5.41, 5.74) is -0.0380. The number of imide groups is 1. The second-order valence-electron chi connectivity index (χ2n) is 5.82. The maximum Gasteiger partial charge on any atom is 0.373 e. The van der Waals surface area contributed by atoms with E-state index >= 15 is 0 Å². The number of carbonyl (C=O) groups excluding carboxylic acids is 3. The van der Waals surface area contributed by atoms with Gasteiger partial charge in [-0.3, -0.25) is 19.8 Å². The van der Waals surface area contributed by atoms with Gasteiger partial charge in [0.25, 0.3) is 11.6 Å². The molecule has 0 spiro atoms. The molecule has 0 unspecified atom stereocenters. The van der Waals surface area contributed by atoms with Crippen molar-refractivity contribution in [1.82, 2.24) is 10.2 Å². The zero-order valence-corrected chi connectivity index (χ0v) is 15.3. The Labute approximate surface area is 163 Å². The molecule has 2 heterocycles. The molecular formula is C18H15N3O8. The highest BCUT2D eigenvalue weighted by Gasteiger charge is 2.34. The molecule has 0 bridgehead atoms. The van der Waals surface area contributed by atoms with Crippen molar-refractivity contribution in [2.45, 2.75) is 6.54 Å². The van der Waals surface area contributed by atoms with Gasteiger partial charge in [-0.2, -0.15) is 0 Å². The minimum absolute atomic E-state index is 0.0633. The van der Waals surface area contributed by atoms with Crippen molar-refractivity contribution in [3.63, 3.8) is 0 Å². The molecule has 11 heteroatoms.